The van der Waals surface area contributed by atoms with Crippen molar-refractivity contribution in [3.05, 3.63) is 0 Å². The predicted octanol–water partition coefficient (Wildman–Crippen LogP) is -3.24. The molecular weight excluding hydrogens is 738 g/mol. The Labute approximate surface area is 307 Å². The minimum atomic E-state index is -1.34. The van der Waals surface area contributed by atoms with Crippen LogP contribution >= 0.6 is 0 Å². The van der Waals surface area contributed by atoms with E-state index in [-0.39, 0.29) is 49.9 Å². The fourth-order valence-electron chi connectivity index (χ4n) is 2.52. The first-order chi connectivity index (χ1) is 25.4. The SMILES string of the molecule is CC(=O)CC(=O)OCOC(=O)CC(=O)NCCO.CC(=O)CC(=O)OCOC(=O)CC(=O)O.CC(=O)CC(=O)OCOC(=O)CC1=NCCO1.NCCO. The monoisotopic (exact) mass is 783 g/mol. The van der Waals surface area contributed by atoms with Crippen molar-refractivity contribution in [3.8, 4) is 0 Å². The van der Waals surface area contributed by atoms with E-state index in [9.17, 15) is 52.7 Å². The van der Waals surface area contributed by atoms with E-state index >= 15 is 0 Å². The average molecular weight is 784 g/mol. The van der Waals surface area contributed by atoms with Gasteiger partial charge in [-0.05, 0) is 20.8 Å². The van der Waals surface area contributed by atoms with Gasteiger partial charge in [0.25, 0.3) is 0 Å². The first-order valence-corrected chi connectivity index (χ1v) is 15.3. The summed E-state index contributed by atoms with van der Waals surface area (Å²) in [5, 5.41) is 26.6. The topological polar surface area (TPSA) is 363 Å². The van der Waals surface area contributed by atoms with Crippen molar-refractivity contribution < 1.29 is 101 Å². The number of aliphatic carboxylic acids is 1. The first-order valence-electron chi connectivity index (χ1n) is 15.3. The Kier molecular flexibility index (Phi) is 33.3. The number of Topliss-reactive ketones (excluding diaryl/α,β-unsaturated/α-hetero) is 3. The van der Waals surface area contributed by atoms with E-state index in [4.69, 9.17) is 25.8 Å². The molecule has 0 aromatic carbocycles. The highest BCUT2D eigenvalue weighted by Crippen LogP contribution is 2.00. The maximum Gasteiger partial charge on any atom is 0.320 e. The highest BCUT2D eigenvalue weighted by atomic mass is 16.7. The molecule has 0 spiro atoms. The summed E-state index contributed by atoms with van der Waals surface area (Å²) in [6.45, 7) is 3.16. The largest absolute Gasteiger partial charge is 0.481 e. The normalized spacial score (nSPS) is 10.5. The number of rotatable bonds is 21. The molecule has 0 unspecified atom stereocenters. The Morgan fingerprint density at radius 3 is 1.31 bits per heavy atom. The summed E-state index contributed by atoms with van der Waals surface area (Å²) in [5.74, 6) is -7.52. The lowest BCUT2D eigenvalue weighted by Gasteiger charge is -2.05. The van der Waals surface area contributed by atoms with Gasteiger partial charge in [0, 0.05) is 13.1 Å². The van der Waals surface area contributed by atoms with Gasteiger partial charge in [0.05, 0.1) is 19.8 Å². The zero-order valence-electron chi connectivity index (χ0n) is 29.8. The quantitative estimate of drug-likeness (QED) is 0.0330. The highest BCUT2D eigenvalue weighted by Gasteiger charge is 2.15. The van der Waals surface area contributed by atoms with Crippen molar-refractivity contribution in [2.45, 2.75) is 59.3 Å². The van der Waals surface area contributed by atoms with Gasteiger partial charge in [-0.3, -0.25) is 57.7 Å². The van der Waals surface area contributed by atoms with Gasteiger partial charge >= 0.3 is 41.8 Å². The number of aliphatic hydroxyl groups is 2. The van der Waals surface area contributed by atoms with Crippen LogP contribution in [0.15, 0.2) is 4.99 Å². The molecule has 24 heteroatoms. The maximum atomic E-state index is 11.2. The van der Waals surface area contributed by atoms with Gasteiger partial charge in [0.1, 0.15) is 62.5 Å². The number of carbonyl (C=O) groups is 11. The van der Waals surface area contributed by atoms with Gasteiger partial charge in [-0.15, -0.1) is 0 Å². The Balaban J connectivity index is -0.000000689. The minimum Gasteiger partial charge on any atom is -0.481 e. The second-order valence-electron chi connectivity index (χ2n) is 9.72. The van der Waals surface area contributed by atoms with Gasteiger partial charge < -0.3 is 59.5 Å². The van der Waals surface area contributed by atoms with E-state index < -0.39 is 93.8 Å². The number of nitrogens with zero attached hydrogens (tertiary/aromatic N) is 1. The number of ether oxygens (including phenoxy) is 7. The third kappa shape index (κ3) is 40.5. The second-order valence-corrected chi connectivity index (χ2v) is 9.72. The minimum absolute atomic E-state index is 0.0414. The van der Waals surface area contributed by atoms with Gasteiger partial charge in [0.15, 0.2) is 5.90 Å². The van der Waals surface area contributed by atoms with E-state index in [0.717, 1.165) is 0 Å². The molecule has 54 heavy (non-hydrogen) atoms. The molecule has 24 nitrogen and oxygen atoms in total. The number of esters is 6. The van der Waals surface area contributed by atoms with Crippen LogP contribution in [0.5, 0.6) is 0 Å². The summed E-state index contributed by atoms with van der Waals surface area (Å²) < 4.78 is 31.5. The summed E-state index contributed by atoms with van der Waals surface area (Å²) >= 11 is 0. The molecule has 1 aliphatic heterocycles. The molecule has 0 bridgehead atoms. The van der Waals surface area contributed by atoms with Crippen LogP contribution < -0.4 is 11.1 Å². The van der Waals surface area contributed by atoms with Crippen molar-refractivity contribution in [2.24, 2.45) is 10.7 Å². The van der Waals surface area contributed by atoms with Crippen LogP contribution in [0.25, 0.3) is 0 Å². The number of hydrogen-bond donors (Lipinski definition) is 5. The summed E-state index contributed by atoms with van der Waals surface area (Å²) in [5.41, 5.74) is 4.78. The van der Waals surface area contributed by atoms with E-state index in [1.165, 1.54) is 20.8 Å². The molecule has 0 fully saturated rings. The molecule has 6 N–H and O–H groups in total. The lowest BCUT2D eigenvalue weighted by atomic mass is 10.3. The standard InChI is InChI=1S/C10H15NO7.C10H13NO6.C8H10O7.C2H7NO/c1-7(13)4-9(15)17-6-18-10(16)5-8(14)11-2-3-12;1-7(12)4-9(13)16-6-17-10(14)5-8-11-2-3-15-8;1-5(9)2-7(12)14-4-15-8(13)3-6(10)11;3-1-2-4/h12H,2-6H2,1H3,(H,11,14);2-6H2,1H3;2-4H2,1H3,(H,10,11);4H,1-3H2. The second kappa shape index (κ2) is 34.2. The molecular formula is C30H45N3O21. The molecule has 306 valence electrons. The van der Waals surface area contributed by atoms with Crippen molar-refractivity contribution >= 4 is 70.9 Å². The molecule has 1 rings (SSSR count). The number of carboxylic acids is 1. The van der Waals surface area contributed by atoms with E-state index in [1.807, 2.05) is 0 Å². The molecule has 0 saturated heterocycles. The highest BCUT2D eigenvalue weighted by molar-refractivity contribution is 5.96. The third-order valence-corrected chi connectivity index (χ3v) is 4.61. The van der Waals surface area contributed by atoms with Crippen LogP contribution in [-0.4, -0.2) is 146 Å². The van der Waals surface area contributed by atoms with E-state index in [1.54, 1.807) is 0 Å². The van der Waals surface area contributed by atoms with Gasteiger partial charge in [0.2, 0.25) is 26.3 Å². The number of hydrogen-bond acceptors (Lipinski definition) is 22. The lowest BCUT2D eigenvalue weighted by Crippen LogP contribution is -2.29. The third-order valence-electron chi connectivity index (χ3n) is 4.61. The van der Waals surface area contributed by atoms with Crippen LogP contribution in [0.1, 0.15) is 59.3 Å². The fraction of sp³-hybridized carbons (Fsp3) is 0.600. The van der Waals surface area contributed by atoms with Crippen molar-refractivity contribution in [2.75, 3.05) is 59.8 Å². The first kappa shape index (κ1) is 52.5. The zero-order chi connectivity index (χ0) is 41.9. The molecule has 0 aromatic rings. The van der Waals surface area contributed by atoms with Crippen LogP contribution in [-0.2, 0) is 85.9 Å². The molecule has 0 radical (unpaired) electrons. The Bertz CT molecular complexity index is 1270. The number of nitrogens with two attached hydrogens (primary N) is 1. The Morgan fingerprint density at radius 2 is 1.00 bits per heavy atom. The lowest BCUT2D eigenvalue weighted by molar-refractivity contribution is -0.171. The maximum absolute atomic E-state index is 11.2. The zero-order valence-corrected chi connectivity index (χ0v) is 29.8. The number of nitrogens with one attached hydrogen (secondary N) is 1. The smallest absolute Gasteiger partial charge is 0.320 e. The van der Waals surface area contributed by atoms with Gasteiger partial charge in [-0.1, -0.05) is 0 Å². The van der Waals surface area contributed by atoms with E-state index in [0.29, 0.717) is 25.6 Å². The Hall–Kier alpha value is -5.88. The van der Waals surface area contributed by atoms with Crippen LogP contribution in [0, 0.1) is 0 Å². The van der Waals surface area contributed by atoms with Crippen LogP contribution in [0.4, 0.5) is 0 Å². The van der Waals surface area contributed by atoms with Crippen molar-refractivity contribution in [3.63, 3.8) is 0 Å². The molecule has 1 heterocycles. The van der Waals surface area contributed by atoms with Crippen molar-refractivity contribution in [1.82, 2.24) is 5.32 Å². The average Bonchev–Trinajstić information content (AvgIpc) is 3.56. The van der Waals surface area contributed by atoms with E-state index in [2.05, 4.69) is 38.7 Å². The number of amides is 1. The van der Waals surface area contributed by atoms with Gasteiger partial charge in [-0.25, -0.2) is 0 Å². The molecule has 1 aliphatic rings. The number of carbonyl (C=O) groups excluding carboxylic acids is 10. The molecule has 0 saturated carbocycles. The summed E-state index contributed by atoms with van der Waals surface area (Å²) in [6.07, 6.45) is -2.54. The summed E-state index contributed by atoms with van der Waals surface area (Å²) in [7, 11) is 0. The van der Waals surface area contributed by atoms with Crippen LogP contribution in [0.2, 0.25) is 0 Å². The fourth-order valence-corrected chi connectivity index (χ4v) is 2.52. The summed E-state index contributed by atoms with van der Waals surface area (Å²) in [4.78, 5) is 122. The van der Waals surface area contributed by atoms with Crippen molar-refractivity contribution in [1.29, 1.82) is 0 Å². The predicted molar refractivity (Wildman–Crippen MR) is 173 cm³/mol. The molecule has 0 aliphatic carbocycles. The number of carboxylic acid groups (broad SMARTS) is 1. The summed E-state index contributed by atoms with van der Waals surface area (Å²) in [6, 6.07) is 0. The molecule has 0 atom stereocenters. The van der Waals surface area contributed by atoms with Gasteiger partial charge in [-0.2, -0.15) is 0 Å². The molecule has 1 amide bonds. The number of ketones is 3. The number of aliphatic imine (C=N–C) groups is 1. The van der Waals surface area contributed by atoms with Crippen LogP contribution in [0.3, 0.4) is 0 Å². The molecule has 0 aromatic heterocycles. The Morgan fingerprint density at radius 1 is 0.630 bits per heavy atom. The number of aliphatic hydroxyl groups excluding tert-OH is 2.